The van der Waals surface area contributed by atoms with Gasteiger partial charge in [-0.3, -0.25) is 0 Å². The highest BCUT2D eigenvalue weighted by Crippen LogP contribution is 2.21. The summed E-state index contributed by atoms with van der Waals surface area (Å²) in [6.45, 7) is 0. The van der Waals surface area contributed by atoms with Crippen molar-refractivity contribution in [3.63, 3.8) is 0 Å². The van der Waals surface area contributed by atoms with Gasteiger partial charge >= 0.3 is 0 Å². The third kappa shape index (κ3) is 2.28. The normalized spacial score (nSPS) is 10.2. The minimum absolute atomic E-state index is 0.0624. The van der Waals surface area contributed by atoms with E-state index in [0.717, 1.165) is 11.1 Å². The fraction of sp³-hybridized carbons (Fsp3) is 0.0769. The molecule has 0 unspecified atom stereocenters. The SMILES string of the molecule is O=[SiH]C(c1ccccc1)c1ccccc1. The molecule has 0 bridgehead atoms. The van der Waals surface area contributed by atoms with Gasteiger partial charge in [0.25, 0.3) is 9.41 Å². The Balaban J connectivity index is 2.38. The smallest absolute Gasteiger partial charge is 0.273 e. The highest BCUT2D eigenvalue weighted by molar-refractivity contribution is 6.21. The molecule has 2 heteroatoms. The van der Waals surface area contributed by atoms with Gasteiger partial charge in [0.1, 0.15) is 0 Å². The van der Waals surface area contributed by atoms with Gasteiger partial charge in [-0.25, -0.2) is 0 Å². The molecule has 2 rings (SSSR count). The van der Waals surface area contributed by atoms with Gasteiger partial charge < -0.3 is 4.46 Å². The topological polar surface area (TPSA) is 17.1 Å². The van der Waals surface area contributed by atoms with Crippen LogP contribution in [0.25, 0.3) is 0 Å². The molecule has 0 N–H and O–H groups in total. The molecule has 2 aromatic carbocycles. The van der Waals surface area contributed by atoms with E-state index < -0.39 is 9.41 Å². The zero-order valence-electron chi connectivity index (χ0n) is 8.34. The molecule has 0 aliphatic heterocycles. The van der Waals surface area contributed by atoms with Gasteiger partial charge in [0.15, 0.2) is 0 Å². The lowest BCUT2D eigenvalue weighted by Crippen LogP contribution is -2.03. The van der Waals surface area contributed by atoms with Gasteiger partial charge in [-0.15, -0.1) is 0 Å². The zero-order chi connectivity index (χ0) is 10.5. The molecule has 15 heavy (non-hydrogen) atoms. The minimum atomic E-state index is -0.832. The second-order valence-electron chi connectivity index (χ2n) is 3.44. The van der Waals surface area contributed by atoms with Gasteiger partial charge in [0.05, 0.1) is 5.54 Å². The van der Waals surface area contributed by atoms with E-state index in [9.17, 15) is 4.46 Å². The maximum absolute atomic E-state index is 11.3. The first-order valence-corrected chi connectivity index (χ1v) is 6.11. The Morgan fingerprint density at radius 2 is 1.13 bits per heavy atom. The summed E-state index contributed by atoms with van der Waals surface area (Å²) in [4.78, 5) is 0. The Labute approximate surface area is 91.7 Å². The van der Waals surface area contributed by atoms with Crippen molar-refractivity contribution in [3.8, 4) is 0 Å². The molecule has 0 fully saturated rings. The molecule has 0 aliphatic rings. The first-order chi connectivity index (χ1) is 7.42. The van der Waals surface area contributed by atoms with Crippen molar-refractivity contribution >= 4 is 9.41 Å². The molecule has 0 heterocycles. The molecule has 0 radical (unpaired) electrons. The fourth-order valence-electron chi connectivity index (χ4n) is 1.67. The Hall–Kier alpha value is -1.54. The second kappa shape index (κ2) is 4.80. The van der Waals surface area contributed by atoms with Crippen LogP contribution in [-0.4, -0.2) is 9.41 Å². The number of hydrogen-bond donors (Lipinski definition) is 0. The van der Waals surface area contributed by atoms with Crippen molar-refractivity contribution in [2.45, 2.75) is 5.54 Å². The van der Waals surface area contributed by atoms with Crippen LogP contribution in [0.3, 0.4) is 0 Å². The van der Waals surface area contributed by atoms with Crippen LogP contribution in [-0.2, 0) is 4.46 Å². The van der Waals surface area contributed by atoms with E-state index >= 15 is 0 Å². The lowest BCUT2D eigenvalue weighted by Gasteiger charge is -2.09. The van der Waals surface area contributed by atoms with Crippen LogP contribution in [0.5, 0.6) is 0 Å². The van der Waals surface area contributed by atoms with E-state index in [1.165, 1.54) is 0 Å². The van der Waals surface area contributed by atoms with Crippen LogP contribution in [0.15, 0.2) is 60.7 Å². The molecule has 0 spiro atoms. The molecule has 0 atom stereocenters. The summed E-state index contributed by atoms with van der Waals surface area (Å²) in [7, 11) is -0.832. The second-order valence-corrected chi connectivity index (χ2v) is 4.37. The van der Waals surface area contributed by atoms with E-state index in [0.29, 0.717) is 0 Å². The molecule has 0 amide bonds. The van der Waals surface area contributed by atoms with E-state index in [-0.39, 0.29) is 5.54 Å². The van der Waals surface area contributed by atoms with Crippen LogP contribution in [0.4, 0.5) is 0 Å². The lowest BCUT2D eigenvalue weighted by molar-refractivity contribution is 0.571. The Morgan fingerprint density at radius 1 is 0.733 bits per heavy atom. The van der Waals surface area contributed by atoms with Crippen molar-refractivity contribution in [1.29, 1.82) is 0 Å². The van der Waals surface area contributed by atoms with Crippen LogP contribution < -0.4 is 0 Å². The Bertz CT molecular complexity index is 385. The number of benzene rings is 2. The molecule has 2 aromatic rings. The van der Waals surface area contributed by atoms with Crippen molar-refractivity contribution in [1.82, 2.24) is 0 Å². The summed E-state index contributed by atoms with van der Waals surface area (Å²) in [5.74, 6) is 0. The summed E-state index contributed by atoms with van der Waals surface area (Å²) < 4.78 is 11.3. The highest BCUT2D eigenvalue weighted by Gasteiger charge is 2.12. The van der Waals surface area contributed by atoms with Gasteiger partial charge in [0.2, 0.25) is 0 Å². The summed E-state index contributed by atoms with van der Waals surface area (Å²) in [5.41, 5.74) is 2.33. The van der Waals surface area contributed by atoms with E-state index in [1.54, 1.807) is 0 Å². The average molecular weight is 212 g/mol. The molecular formula is C13H12OSi. The molecular weight excluding hydrogens is 200 g/mol. The zero-order valence-corrected chi connectivity index (χ0v) is 9.49. The van der Waals surface area contributed by atoms with Gasteiger partial charge in [-0.1, -0.05) is 60.7 Å². The van der Waals surface area contributed by atoms with Crippen LogP contribution in [0.1, 0.15) is 16.7 Å². The van der Waals surface area contributed by atoms with Crippen molar-refractivity contribution in [2.24, 2.45) is 0 Å². The predicted octanol–water partition coefficient (Wildman–Crippen LogP) is 2.56. The number of hydrogen-bond acceptors (Lipinski definition) is 1. The summed E-state index contributed by atoms with van der Waals surface area (Å²) in [6, 6.07) is 20.0. The minimum Gasteiger partial charge on any atom is -0.391 e. The van der Waals surface area contributed by atoms with Crippen molar-refractivity contribution < 1.29 is 4.46 Å². The fourth-order valence-corrected chi connectivity index (χ4v) is 2.43. The summed E-state index contributed by atoms with van der Waals surface area (Å²) >= 11 is 0. The van der Waals surface area contributed by atoms with Crippen molar-refractivity contribution in [3.05, 3.63) is 71.8 Å². The highest BCUT2D eigenvalue weighted by atomic mass is 28.2. The van der Waals surface area contributed by atoms with E-state index in [2.05, 4.69) is 0 Å². The van der Waals surface area contributed by atoms with Gasteiger partial charge in [-0.2, -0.15) is 0 Å². The van der Waals surface area contributed by atoms with Crippen LogP contribution >= 0.6 is 0 Å². The first-order valence-electron chi connectivity index (χ1n) is 4.97. The molecule has 0 aromatic heterocycles. The average Bonchev–Trinajstić information content (AvgIpc) is 2.33. The third-order valence-electron chi connectivity index (χ3n) is 2.45. The lowest BCUT2D eigenvalue weighted by atomic mass is 10.0. The monoisotopic (exact) mass is 212 g/mol. The summed E-state index contributed by atoms with van der Waals surface area (Å²) in [6.07, 6.45) is 0. The molecule has 0 saturated carbocycles. The maximum atomic E-state index is 11.3. The first kappa shape index (κ1) is 9.99. The van der Waals surface area contributed by atoms with Crippen molar-refractivity contribution in [2.75, 3.05) is 0 Å². The maximum Gasteiger partial charge on any atom is 0.273 e. The largest absolute Gasteiger partial charge is 0.391 e. The van der Waals surface area contributed by atoms with Gasteiger partial charge in [-0.05, 0) is 11.1 Å². The van der Waals surface area contributed by atoms with Crippen LogP contribution in [0, 0.1) is 0 Å². The van der Waals surface area contributed by atoms with Gasteiger partial charge in [0, 0.05) is 0 Å². The Morgan fingerprint density at radius 3 is 1.47 bits per heavy atom. The number of rotatable bonds is 3. The Kier molecular flexibility index (Phi) is 3.20. The predicted molar refractivity (Wildman–Crippen MR) is 62.6 cm³/mol. The molecule has 1 nitrogen and oxygen atoms in total. The molecule has 0 aliphatic carbocycles. The third-order valence-corrected chi connectivity index (χ3v) is 3.50. The quantitative estimate of drug-likeness (QED) is 0.715. The van der Waals surface area contributed by atoms with E-state index in [4.69, 9.17) is 0 Å². The molecule has 0 saturated heterocycles. The molecule has 74 valence electrons. The standard InChI is InChI=1S/C13H12OSi/c14-15-13(11-7-3-1-4-8-11)12-9-5-2-6-10-12/h1-10,13,15H. The van der Waals surface area contributed by atoms with E-state index in [1.807, 2.05) is 60.7 Å². The summed E-state index contributed by atoms with van der Waals surface area (Å²) in [5, 5.41) is 0. The van der Waals surface area contributed by atoms with Crippen LogP contribution in [0.2, 0.25) is 0 Å².